The fourth-order valence-corrected chi connectivity index (χ4v) is 0. The number of hydrogen-bond acceptors (Lipinski definition) is 4. The molecule has 0 N–H and O–H groups in total. The molecule has 0 aliphatic rings. The van der Waals surface area contributed by atoms with Gasteiger partial charge in [0.25, 0.3) is 0 Å². The summed E-state index contributed by atoms with van der Waals surface area (Å²) >= 11 is -11.2. The van der Waals surface area contributed by atoms with Crippen LogP contribution in [0.1, 0.15) is 27.7 Å². The molecule has 0 fully saturated rings. The monoisotopic (exact) mass is 506 g/mol. The van der Waals surface area contributed by atoms with Crippen molar-refractivity contribution in [3.8, 4) is 24.3 Å². The third-order valence-corrected chi connectivity index (χ3v) is 0. The van der Waals surface area contributed by atoms with E-state index in [1.165, 1.54) is 27.7 Å². The van der Waals surface area contributed by atoms with E-state index in [2.05, 4.69) is 0 Å². The average Bonchev–Trinajstić information content (AvgIpc) is 2.01. The molecule has 0 bridgehead atoms. The van der Waals surface area contributed by atoms with Gasteiger partial charge in [0.1, 0.15) is 0 Å². The van der Waals surface area contributed by atoms with E-state index < -0.39 is 19.5 Å². The van der Waals surface area contributed by atoms with Crippen LogP contribution in [0.4, 0.5) is 16.9 Å². The van der Waals surface area contributed by atoms with E-state index in [0.717, 1.165) is 0 Å². The van der Waals surface area contributed by atoms with Crippen LogP contribution >= 0.6 is 0 Å². The molecule has 0 aliphatic heterocycles. The SMILES string of the molecule is CC#N.CC#N.CC#N.CC#N.[Ag+].[F][Sb-]([F])([F])([F])([F])[F]. The molecule has 0 aliphatic carbocycles. The molecule has 0 unspecified atom stereocenters. The summed E-state index contributed by atoms with van der Waals surface area (Å²) in [5, 5.41) is 29.3. The van der Waals surface area contributed by atoms with Gasteiger partial charge in [-0.2, -0.15) is 21.0 Å². The molecular weight excluding hydrogens is 496 g/mol. The van der Waals surface area contributed by atoms with Crippen LogP contribution in [0.2, 0.25) is 0 Å². The van der Waals surface area contributed by atoms with Crippen LogP contribution in [0, 0.1) is 45.3 Å². The molecule has 0 radical (unpaired) electrons. The Balaban J connectivity index is -0.0000000326. The van der Waals surface area contributed by atoms with Gasteiger partial charge in [-0.15, -0.1) is 0 Å². The first-order valence-corrected chi connectivity index (χ1v) is 9.70. The second kappa shape index (κ2) is 16.2. The van der Waals surface area contributed by atoms with Gasteiger partial charge in [0.2, 0.25) is 0 Å². The minimum atomic E-state index is -11.2. The van der Waals surface area contributed by atoms with Gasteiger partial charge >= 0.3 is 58.7 Å². The molecule has 0 rings (SSSR count). The maximum atomic E-state index is 9.93. The molecule has 0 spiro atoms. The van der Waals surface area contributed by atoms with Crippen LogP contribution in [0.25, 0.3) is 0 Å². The summed E-state index contributed by atoms with van der Waals surface area (Å²) in [7, 11) is 0. The number of hydrogen-bond donors (Lipinski definition) is 0. The normalized spacial score (nSPS) is 9.70. The number of rotatable bonds is 0. The number of nitriles is 4. The maximum absolute atomic E-state index is 11.2. The van der Waals surface area contributed by atoms with Gasteiger partial charge in [-0.1, -0.05) is 0 Å². The molecule has 20 heavy (non-hydrogen) atoms. The Bertz CT molecular complexity index is 307. The molecule has 0 amide bonds. The molecule has 4 nitrogen and oxygen atoms in total. The summed E-state index contributed by atoms with van der Waals surface area (Å²) < 4.78 is 59.6. The van der Waals surface area contributed by atoms with Gasteiger partial charge in [0, 0.05) is 27.7 Å². The van der Waals surface area contributed by atoms with Crippen molar-refractivity contribution in [1.82, 2.24) is 0 Å². The summed E-state index contributed by atoms with van der Waals surface area (Å²) in [6, 6.07) is 7.00. The number of halogens is 6. The standard InChI is InChI=1S/4C2H3N.Ag.6FH.Sb/c4*1-2-3;;;;;;;;/h4*1H3;;6*1H;/q;;;;+1;;;;;;;+5/p-6. The van der Waals surface area contributed by atoms with Crippen molar-refractivity contribution in [2.24, 2.45) is 0 Å². The first-order chi connectivity index (χ1) is 8.11. The minimum absolute atomic E-state index is 0. The van der Waals surface area contributed by atoms with Crippen LogP contribution in [0.3, 0.4) is 0 Å². The molecule has 0 aromatic rings. The van der Waals surface area contributed by atoms with E-state index in [1.807, 2.05) is 0 Å². The third-order valence-electron chi connectivity index (χ3n) is 0. The van der Waals surface area contributed by atoms with Crippen LogP contribution < -0.4 is 0 Å². The van der Waals surface area contributed by atoms with Crippen LogP contribution in [-0.4, -0.2) is 19.5 Å². The van der Waals surface area contributed by atoms with Crippen LogP contribution in [0.15, 0.2) is 0 Å². The second-order valence-corrected chi connectivity index (χ2v) is 7.32. The first-order valence-electron chi connectivity index (χ1n) is 3.91. The molecule has 0 aromatic heterocycles. The summed E-state index contributed by atoms with van der Waals surface area (Å²) in [5.41, 5.74) is 0. The van der Waals surface area contributed by atoms with E-state index in [-0.39, 0.29) is 22.4 Å². The Hall–Kier alpha value is -0.902. The predicted molar refractivity (Wildman–Crippen MR) is 57.6 cm³/mol. The van der Waals surface area contributed by atoms with Crippen molar-refractivity contribution >= 4 is 19.5 Å². The molecule has 0 saturated carbocycles. The summed E-state index contributed by atoms with van der Waals surface area (Å²) in [4.78, 5) is 0. The van der Waals surface area contributed by atoms with E-state index in [4.69, 9.17) is 21.0 Å². The van der Waals surface area contributed by atoms with Gasteiger partial charge in [-0.3, -0.25) is 0 Å². The molecule has 0 atom stereocenters. The Morgan fingerprint density at radius 2 is 0.550 bits per heavy atom. The van der Waals surface area contributed by atoms with Crippen molar-refractivity contribution in [3.05, 3.63) is 0 Å². The number of nitrogens with zero attached hydrogens (tertiary/aromatic N) is 4. The van der Waals surface area contributed by atoms with Gasteiger partial charge in [-0.25, -0.2) is 0 Å². The van der Waals surface area contributed by atoms with E-state index in [1.54, 1.807) is 24.3 Å². The van der Waals surface area contributed by atoms with Gasteiger partial charge in [0.15, 0.2) is 0 Å². The van der Waals surface area contributed by atoms with Crippen molar-refractivity contribution in [2.45, 2.75) is 27.7 Å². The predicted octanol–water partition coefficient (Wildman–Crippen LogP) is 4.26. The fourth-order valence-electron chi connectivity index (χ4n) is 0. The Morgan fingerprint density at radius 1 is 0.550 bits per heavy atom. The van der Waals surface area contributed by atoms with Crippen molar-refractivity contribution in [1.29, 1.82) is 21.0 Å². The van der Waals surface area contributed by atoms with E-state index in [9.17, 15) is 16.9 Å². The molecule has 12 heteroatoms. The second-order valence-electron chi connectivity index (χ2n) is 1.85. The van der Waals surface area contributed by atoms with Gasteiger partial charge in [-0.05, 0) is 0 Å². The molecule has 0 saturated heterocycles. The molecule has 0 aromatic carbocycles. The van der Waals surface area contributed by atoms with Crippen LogP contribution in [-0.2, 0) is 22.4 Å². The van der Waals surface area contributed by atoms with E-state index in [0.29, 0.717) is 0 Å². The summed E-state index contributed by atoms with van der Waals surface area (Å²) in [6.07, 6.45) is 0. The zero-order valence-electron chi connectivity index (χ0n) is 10.8. The third kappa shape index (κ3) is 5450. The van der Waals surface area contributed by atoms with Crippen molar-refractivity contribution < 1.29 is 39.3 Å². The van der Waals surface area contributed by atoms with Crippen LogP contribution in [0.5, 0.6) is 0 Å². The van der Waals surface area contributed by atoms with Crippen molar-refractivity contribution in [3.63, 3.8) is 0 Å². The quantitative estimate of drug-likeness (QED) is 0.361. The molecule has 0 heterocycles. The first kappa shape index (κ1) is 36.5. The van der Waals surface area contributed by atoms with Gasteiger partial charge < -0.3 is 0 Å². The van der Waals surface area contributed by atoms with Crippen molar-refractivity contribution in [2.75, 3.05) is 0 Å². The van der Waals surface area contributed by atoms with Gasteiger partial charge in [0.05, 0.1) is 24.3 Å². The Labute approximate surface area is 131 Å². The molecule has 122 valence electrons. The summed E-state index contributed by atoms with van der Waals surface area (Å²) in [6.45, 7) is 5.72. The molecular formula is C8H12AgF6N4Sb. The summed E-state index contributed by atoms with van der Waals surface area (Å²) in [5.74, 6) is 0. The zero-order valence-corrected chi connectivity index (χ0v) is 14.8. The van der Waals surface area contributed by atoms with E-state index >= 15 is 0 Å². The zero-order chi connectivity index (χ0) is 17.2. The Morgan fingerprint density at radius 3 is 0.550 bits per heavy atom. The topological polar surface area (TPSA) is 95.2 Å². The fraction of sp³-hybridized carbons (Fsp3) is 0.500. The average molecular weight is 508 g/mol. The Kier molecular flexibility index (Phi) is 29.4.